The fraction of sp³-hybridized carbons (Fsp3) is 0.818. The Labute approximate surface area is 171 Å². The molecule has 2 fully saturated rings. The Morgan fingerprint density at radius 2 is 1.50 bits per heavy atom. The minimum Gasteiger partial charge on any atom is -0.341 e. The molecule has 0 aromatic rings. The van der Waals surface area contributed by atoms with Gasteiger partial charge in [-0.3, -0.25) is 19.4 Å². The molecular formula is C22H38N4O2. The Morgan fingerprint density at radius 3 is 1.96 bits per heavy atom. The van der Waals surface area contributed by atoms with E-state index in [9.17, 15) is 9.59 Å². The fourth-order valence-electron chi connectivity index (χ4n) is 4.44. The van der Waals surface area contributed by atoms with E-state index in [0.717, 1.165) is 52.1 Å². The van der Waals surface area contributed by atoms with Crippen molar-refractivity contribution in [2.75, 3.05) is 52.4 Å². The Kier molecular flexibility index (Phi) is 8.33. The van der Waals surface area contributed by atoms with E-state index in [1.807, 2.05) is 18.7 Å². The molecule has 2 atom stereocenters. The lowest BCUT2D eigenvalue weighted by Gasteiger charge is -2.38. The molecule has 0 bridgehead atoms. The Bertz CT molecular complexity index is 564. The van der Waals surface area contributed by atoms with Crippen molar-refractivity contribution in [2.24, 2.45) is 11.8 Å². The van der Waals surface area contributed by atoms with E-state index >= 15 is 0 Å². The van der Waals surface area contributed by atoms with Crippen molar-refractivity contribution in [1.29, 1.82) is 0 Å². The van der Waals surface area contributed by atoms with Gasteiger partial charge >= 0.3 is 0 Å². The van der Waals surface area contributed by atoms with Crippen molar-refractivity contribution in [3.63, 3.8) is 0 Å². The molecule has 0 radical (unpaired) electrons. The number of hydrogen-bond donors (Lipinski definition) is 1. The number of carbonyl (C=O) groups is 2. The molecule has 2 rings (SSSR count). The lowest BCUT2D eigenvalue weighted by molar-refractivity contribution is -0.136. The van der Waals surface area contributed by atoms with Gasteiger partial charge in [-0.1, -0.05) is 33.6 Å². The molecule has 28 heavy (non-hydrogen) atoms. The van der Waals surface area contributed by atoms with Gasteiger partial charge in [0.1, 0.15) is 5.54 Å². The first-order valence-electron chi connectivity index (χ1n) is 10.8. The number of nitrogens with zero attached hydrogens (tertiary/aromatic N) is 3. The van der Waals surface area contributed by atoms with Crippen molar-refractivity contribution < 1.29 is 9.59 Å². The quantitative estimate of drug-likeness (QED) is 0.668. The van der Waals surface area contributed by atoms with Crippen LogP contribution in [0.1, 0.15) is 47.0 Å². The number of terminal acetylenes is 1. The van der Waals surface area contributed by atoms with E-state index in [-0.39, 0.29) is 11.8 Å². The summed E-state index contributed by atoms with van der Waals surface area (Å²) in [6.07, 6.45) is 8.31. The molecule has 0 aromatic heterocycles. The molecule has 0 spiro atoms. The third-order valence-corrected chi connectivity index (χ3v) is 6.27. The Morgan fingerprint density at radius 1 is 1.00 bits per heavy atom. The standard InChI is InChI=1S/C22H38N4O2/c1-6-22(7-2,8-3)23-20(27)16-24-9-11-25(12-10-24)17-21(28)26-14-18(4)13-19(5)15-26/h1,18-19H,7-17H2,2-5H3,(H,23,27). The molecule has 2 saturated heterocycles. The minimum absolute atomic E-state index is 0.0116. The number of amides is 2. The van der Waals surface area contributed by atoms with Crippen molar-refractivity contribution in [1.82, 2.24) is 20.0 Å². The highest BCUT2D eigenvalue weighted by atomic mass is 16.2. The third-order valence-electron chi connectivity index (χ3n) is 6.27. The number of piperazine rings is 1. The summed E-state index contributed by atoms with van der Waals surface area (Å²) >= 11 is 0. The van der Waals surface area contributed by atoms with Crippen LogP contribution < -0.4 is 5.32 Å². The lowest BCUT2D eigenvalue weighted by Crippen LogP contribution is -2.55. The maximum absolute atomic E-state index is 12.7. The van der Waals surface area contributed by atoms with Gasteiger partial charge in [0.25, 0.3) is 0 Å². The predicted octanol–water partition coefficient (Wildman–Crippen LogP) is 1.42. The Hall–Kier alpha value is -1.58. The SMILES string of the molecule is C#CC(CC)(CC)NC(=O)CN1CCN(CC(=O)N2CC(C)CC(C)C2)CC1. The van der Waals surface area contributed by atoms with Crippen LogP contribution in [0.4, 0.5) is 0 Å². The van der Waals surface area contributed by atoms with Crippen LogP contribution in [0.5, 0.6) is 0 Å². The summed E-state index contributed by atoms with van der Waals surface area (Å²) in [6, 6.07) is 0. The van der Waals surface area contributed by atoms with Crippen molar-refractivity contribution in [3.8, 4) is 12.3 Å². The summed E-state index contributed by atoms with van der Waals surface area (Å²) in [7, 11) is 0. The van der Waals surface area contributed by atoms with Crippen molar-refractivity contribution in [2.45, 2.75) is 52.5 Å². The first-order chi connectivity index (χ1) is 13.3. The number of piperidine rings is 1. The number of likely N-dealkylation sites (tertiary alicyclic amines) is 1. The third kappa shape index (κ3) is 6.22. The molecule has 2 aliphatic heterocycles. The highest BCUT2D eigenvalue weighted by Gasteiger charge is 2.29. The van der Waals surface area contributed by atoms with E-state index in [1.54, 1.807) is 0 Å². The summed E-state index contributed by atoms with van der Waals surface area (Å²) in [6.45, 7) is 14.3. The fourth-order valence-corrected chi connectivity index (χ4v) is 4.44. The maximum atomic E-state index is 12.7. The molecule has 0 saturated carbocycles. The summed E-state index contributed by atoms with van der Waals surface area (Å²) < 4.78 is 0. The summed E-state index contributed by atoms with van der Waals surface area (Å²) in [5.74, 6) is 4.16. The normalized spacial score (nSPS) is 24.6. The molecule has 2 unspecified atom stereocenters. The highest BCUT2D eigenvalue weighted by molar-refractivity contribution is 5.79. The van der Waals surface area contributed by atoms with E-state index in [4.69, 9.17) is 6.42 Å². The summed E-state index contributed by atoms with van der Waals surface area (Å²) in [5, 5.41) is 3.03. The average Bonchev–Trinajstić information content (AvgIpc) is 2.67. The molecule has 2 aliphatic rings. The van der Waals surface area contributed by atoms with Gasteiger partial charge in [0, 0.05) is 39.3 Å². The maximum Gasteiger partial charge on any atom is 0.236 e. The first kappa shape index (κ1) is 22.7. The van der Waals surface area contributed by atoms with Gasteiger partial charge in [-0.2, -0.15) is 0 Å². The second kappa shape index (κ2) is 10.3. The van der Waals surface area contributed by atoms with Crippen LogP contribution in [0.2, 0.25) is 0 Å². The zero-order valence-electron chi connectivity index (χ0n) is 18.2. The van der Waals surface area contributed by atoms with E-state index < -0.39 is 5.54 Å². The highest BCUT2D eigenvalue weighted by Crippen LogP contribution is 2.21. The average molecular weight is 391 g/mol. The van der Waals surface area contributed by atoms with Gasteiger partial charge < -0.3 is 10.2 Å². The van der Waals surface area contributed by atoms with Crippen LogP contribution in [-0.4, -0.2) is 84.4 Å². The molecule has 0 aromatic carbocycles. The molecule has 6 nitrogen and oxygen atoms in total. The van der Waals surface area contributed by atoms with Gasteiger partial charge in [-0.15, -0.1) is 6.42 Å². The van der Waals surface area contributed by atoms with Gasteiger partial charge in [-0.25, -0.2) is 0 Å². The van der Waals surface area contributed by atoms with Crippen LogP contribution in [0, 0.1) is 24.2 Å². The second-order valence-electron chi connectivity index (χ2n) is 8.78. The molecule has 6 heteroatoms. The van der Waals surface area contributed by atoms with E-state index in [0.29, 0.717) is 24.9 Å². The van der Waals surface area contributed by atoms with Gasteiger partial charge in [-0.05, 0) is 31.1 Å². The molecule has 0 aliphatic carbocycles. The van der Waals surface area contributed by atoms with E-state index in [1.165, 1.54) is 6.42 Å². The lowest BCUT2D eigenvalue weighted by atomic mass is 9.92. The number of carbonyl (C=O) groups excluding carboxylic acids is 2. The topological polar surface area (TPSA) is 55.9 Å². The van der Waals surface area contributed by atoms with Gasteiger partial charge in [0.2, 0.25) is 11.8 Å². The van der Waals surface area contributed by atoms with Crippen LogP contribution >= 0.6 is 0 Å². The summed E-state index contributed by atoms with van der Waals surface area (Å²) in [5.41, 5.74) is -0.534. The first-order valence-corrected chi connectivity index (χ1v) is 10.8. The van der Waals surface area contributed by atoms with Gasteiger partial charge in [0.05, 0.1) is 13.1 Å². The molecule has 2 heterocycles. The summed E-state index contributed by atoms with van der Waals surface area (Å²) in [4.78, 5) is 31.5. The predicted molar refractivity (Wildman–Crippen MR) is 113 cm³/mol. The molecule has 1 N–H and O–H groups in total. The zero-order valence-corrected chi connectivity index (χ0v) is 18.2. The molecule has 2 amide bonds. The number of hydrogen-bond acceptors (Lipinski definition) is 4. The monoisotopic (exact) mass is 390 g/mol. The minimum atomic E-state index is -0.534. The number of nitrogens with one attached hydrogen (secondary N) is 1. The van der Waals surface area contributed by atoms with Crippen molar-refractivity contribution in [3.05, 3.63) is 0 Å². The molecular weight excluding hydrogens is 352 g/mol. The van der Waals surface area contributed by atoms with Crippen molar-refractivity contribution >= 4 is 11.8 Å². The van der Waals surface area contributed by atoms with E-state index in [2.05, 4.69) is 34.9 Å². The number of rotatable bonds is 7. The Balaban J connectivity index is 1.74. The smallest absolute Gasteiger partial charge is 0.236 e. The van der Waals surface area contributed by atoms with Gasteiger partial charge in [0.15, 0.2) is 0 Å². The molecule has 158 valence electrons. The van der Waals surface area contributed by atoms with Crippen LogP contribution in [-0.2, 0) is 9.59 Å². The van der Waals surface area contributed by atoms with Crippen LogP contribution in [0.25, 0.3) is 0 Å². The second-order valence-corrected chi connectivity index (χ2v) is 8.78. The zero-order chi connectivity index (χ0) is 20.7. The van der Waals surface area contributed by atoms with Crippen LogP contribution in [0.3, 0.4) is 0 Å². The van der Waals surface area contributed by atoms with Crippen LogP contribution in [0.15, 0.2) is 0 Å². The largest absolute Gasteiger partial charge is 0.341 e.